The van der Waals surface area contributed by atoms with Gasteiger partial charge in [-0.05, 0) is 38.0 Å². The van der Waals surface area contributed by atoms with Crippen molar-refractivity contribution in [2.75, 3.05) is 18.8 Å². The number of rotatable bonds is 4. The molecule has 4 rings (SSSR count). The minimum atomic E-state index is -3.09. The number of nitrogens with zero attached hydrogens (tertiary/aromatic N) is 3. The van der Waals surface area contributed by atoms with E-state index in [9.17, 15) is 8.42 Å². The van der Waals surface area contributed by atoms with Gasteiger partial charge in [0, 0.05) is 48.0 Å². The van der Waals surface area contributed by atoms with Gasteiger partial charge in [0.2, 0.25) is 10.0 Å². The van der Waals surface area contributed by atoms with E-state index < -0.39 is 10.0 Å². The van der Waals surface area contributed by atoms with Gasteiger partial charge < -0.3 is 4.98 Å². The molecule has 25 heavy (non-hydrogen) atoms. The van der Waals surface area contributed by atoms with Crippen LogP contribution < -0.4 is 0 Å². The second kappa shape index (κ2) is 6.27. The van der Waals surface area contributed by atoms with E-state index in [2.05, 4.69) is 26.2 Å². The second-order valence-corrected chi connectivity index (χ2v) is 8.64. The number of hydrogen-bond acceptors (Lipinski definition) is 4. The van der Waals surface area contributed by atoms with Gasteiger partial charge in [-0.2, -0.15) is 5.10 Å². The first kappa shape index (κ1) is 16.3. The number of fused-ring (bicyclic) bond motifs is 1. The van der Waals surface area contributed by atoms with Gasteiger partial charge in [0.1, 0.15) is 5.65 Å². The van der Waals surface area contributed by atoms with E-state index in [0.717, 1.165) is 40.8 Å². The molecule has 0 atom stereocenters. The van der Waals surface area contributed by atoms with Crippen molar-refractivity contribution in [3.05, 3.63) is 36.3 Å². The van der Waals surface area contributed by atoms with Crippen LogP contribution in [0.3, 0.4) is 0 Å². The highest BCUT2D eigenvalue weighted by Crippen LogP contribution is 2.32. The topological polar surface area (TPSA) is 94.7 Å². The summed E-state index contributed by atoms with van der Waals surface area (Å²) in [5, 5.41) is 8.67. The van der Waals surface area contributed by atoms with Gasteiger partial charge in [-0.3, -0.25) is 5.10 Å². The first-order valence-corrected chi connectivity index (χ1v) is 10.1. The number of H-pyrrole nitrogens is 2. The maximum Gasteiger partial charge on any atom is 0.213 e. The summed E-state index contributed by atoms with van der Waals surface area (Å²) in [6.45, 7) is 2.85. The lowest BCUT2D eigenvalue weighted by atomic mass is 9.94. The Hall–Kier alpha value is -2.19. The molecule has 3 aromatic heterocycles. The van der Waals surface area contributed by atoms with Crippen LogP contribution in [-0.4, -0.2) is 51.7 Å². The first-order valence-electron chi connectivity index (χ1n) is 8.54. The van der Waals surface area contributed by atoms with Crippen LogP contribution in [0, 0.1) is 0 Å². The molecule has 0 aromatic carbocycles. The van der Waals surface area contributed by atoms with Gasteiger partial charge in [0.15, 0.2) is 0 Å². The van der Waals surface area contributed by atoms with E-state index in [1.807, 2.05) is 18.3 Å². The molecule has 0 spiro atoms. The molecular formula is C17H21N5O2S. The molecule has 0 radical (unpaired) electrons. The standard InChI is InChI=1S/C17H21N5O2S/c1-2-25(23,24)22-9-5-12(6-10-22)15-11-16(21-20-15)13-3-7-18-17-14(13)4-8-19-17/h3-4,7-8,11-12H,2,5-6,9-10H2,1H3,(H,18,19)(H,20,21). The number of sulfonamides is 1. The minimum Gasteiger partial charge on any atom is -0.346 e. The third-order valence-corrected chi connectivity index (χ3v) is 6.87. The van der Waals surface area contributed by atoms with Crippen LogP contribution in [0.4, 0.5) is 0 Å². The molecule has 0 bridgehead atoms. The number of hydrogen-bond donors (Lipinski definition) is 2. The molecule has 1 fully saturated rings. The third kappa shape index (κ3) is 2.96. The van der Waals surface area contributed by atoms with Crippen molar-refractivity contribution in [2.45, 2.75) is 25.7 Å². The zero-order chi connectivity index (χ0) is 17.4. The van der Waals surface area contributed by atoms with E-state index in [-0.39, 0.29) is 5.75 Å². The fraction of sp³-hybridized carbons (Fsp3) is 0.412. The molecule has 0 amide bonds. The quantitative estimate of drug-likeness (QED) is 0.748. The molecule has 0 aliphatic carbocycles. The molecule has 0 saturated carbocycles. The average molecular weight is 359 g/mol. The van der Waals surface area contributed by atoms with Crippen molar-refractivity contribution in [1.29, 1.82) is 0 Å². The summed E-state index contributed by atoms with van der Waals surface area (Å²) >= 11 is 0. The predicted molar refractivity (Wildman–Crippen MR) is 96.7 cm³/mol. The molecule has 7 nitrogen and oxygen atoms in total. The van der Waals surface area contributed by atoms with Crippen molar-refractivity contribution in [1.82, 2.24) is 24.5 Å². The normalized spacial score (nSPS) is 17.3. The largest absolute Gasteiger partial charge is 0.346 e. The Morgan fingerprint density at radius 1 is 1.28 bits per heavy atom. The van der Waals surface area contributed by atoms with Crippen LogP contribution in [0.25, 0.3) is 22.3 Å². The molecular weight excluding hydrogens is 338 g/mol. The van der Waals surface area contributed by atoms with Crippen molar-refractivity contribution in [2.24, 2.45) is 0 Å². The van der Waals surface area contributed by atoms with E-state index >= 15 is 0 Å². The summed E-state index contributed by atoms with van der Waals surface area (Å²) in [5.41, 5.74) is 3.86. The monoisotopic (exact) mass is 359 g/mol. The Kier molecular flexibility index (Phi) is 4.09. The molecule has 1 aliphatic heterocycles. The van der Waals surface area contributed by atoms with Gasteiger partial charge in [-0.1, -0.05) is 0 Å². The highest BCUT2D eigenvalue weighted by molar-refractivity contribution is 7.89. The lowest BCUT2D eigenvalue weighted by Crippen LogP contribution is -2.38. The fourth-order valence-electron chi connectivity index (χ4n) is 3.50. The Morgan fingerprint density at radius 2 is 2.08 bits per heavy atom. The summed E-state index contributed by atoms with van der Waals surface area (Å²) in [5.74, 6) is 0.480. The zero-order valence-corrected chi connectivity index (χ0v) is 14.9. The van der Waals surface area contributed by atoms with Crippen molar-refractivity contribution >= 4 is 21.1 Å². The smallest absolute Gasteiger partial charge is 0.213 e. The van der Waals surface area contributed by atoms with Crippen LogP contribution in [0.15, 0.2) is 30.6 Å². The van der Waals surface area contributed by atoms with Gasteiger partial charge in [0.05, 0.1) is 11.4 Å². The summed E-state index contributed by atoms with van der Waals surface area (Å²) in [6, 6.07) is 6.04. The highest BCUT2D eigenvalue weighted by Gasteiger charge is 2.28. The molecule has 8 heteroatoms. The van der Waals surface area contributed by atoms with E-state index in [0.29, 0.717) is 19.0 Å². The summed E-state index contributed by atoms with van der Waals surface area (Å²) in [4.78, 5) is 7.42. The Bertz CT molecular complexity index is 983. The lowest BCUT2D eigenvalue weighted by molar-refractivity contribution is 0.317. The van der Waals surface area contributed by atoms with Gasteiger partial charge in [-0.15, -0.1) is 0 Å². The average Bonchev–Trinajstić information content (AvgIpc) is 3.31. The van der Waals surface area contributed by atoms with Crippen molar-refractivity contribution in [3.8, 4) is 11.3 Å². The van der Waals surface area contributed by atoms with Crippen LogP contribution in [0.1, 0.15) is 31.4 Å². The minimum absolute atomic E-state index is 0.167. The van der Waals surface area contributed by atoms with E-state index in [1.165, 1.54) is 0 Å². The Labute approximate surface area is 146 Å². The Morgan fingerprint density at radius 3 is 2.84 bits per heavy atom. The molecule has 132 valence electrons. The molecule has 1 saturated heterocycles. The van der Waals surface area contributed by atoms with Crippen LogP contribution in [-0.2, 0) is 10.0 Å². The zero-order valence-electron chi connectivity index (χ0n) is 14.1. The highest BCUT2D eigenvalue weighted by atomic mass is 32.2. The summed E-state index contributed by atoms with van der Waals surface area (Å²) < 4.78 is 25.6. The molecule has 3 aromatic rings. The van der Waals surface area contributed by atoms with Crippen LogP contribution in [0.2, 0.25) is 0 Å². The maximum atomic E-state index is 12.0. The van der Waals surface area contributed by atoms with E-state index in [4.69, 9.17) is 0 Å². The van der Waals surface area contributed by atoms with Gasteiger partial charge in [-0.25, -0.2) is 17.7 Å². The van der Waals surface area contributed by atoms with Gasteiger partial charge >= 0.3 is 0 Å². The van der Waals surface area contributed by atoms with Gasteiger partial charge in [0.25, 0.3) is 0 Å². The molecule has 4 heterocycles. The lowest BCUT2D eigenvalue weighted by Gasteiger charge is -2.30. The Balaban J connectivity index is 1.54. The number of aromatic nitrogens is 4. The molecule has 1 aliphatic rings. The van der Waals surface area contributed by atoms with Crippen molar-refractivity contribution < 1.29 is 8.42 Å². The molecule has 0 unspecified atom stereocenters. The van der Waals surface area contributed by atoms with E-state index in [1.54, 1.807) is 17.4 Å². The summed E-state index contributed by atoms with van der Waals surface area (Å²) in [6.07, 6.45) is 5.28. The third-order valence-electron chi connectivity index (χ3n) is 4.99. The summed E-state index contributed by atoms with van der Waals surface area (Å²) in [7, 11) is -3.09. The number of aromatic amines is 2. The first-order chi connectivity index (χ1) is 12.1. The SMILES string of the molecule is CCS(=O)(=O)N1CCC(c2cc(-c3ccnc4[nH]ccc34)n[nH]2)CC1. The van der Waals surface area contributed by atoms with Crippen molar-refractivity contribution in [3.63, 3.8) is 0 Å². The van der Waals surface area contributed by atoms with Crippen LogP contribution >= 0.6 is 0 Å². The number of piperidine rings is 1. The maximum absolute atomic E-state index is 12.0. The van der Waals surface area contributed by atoms with Crippen LogP contribution in [0.5, 0.6) is 0 Å². The number of nitrogens with one attached hydrogen (secondary N) is 2. The predicted octanol–water partition coefficient (Wildman–Crippen LogP) is 2.48. The molecule has 2 N–H and O–H groups in total. The number of pyridine rings is 1. The second-order valence-electron chi connectivity index (χ2n) is 6.38. The fourth-order valence-corrected chi connectivity index (χ4v) is 4.63.